The lowest BCUT2D eigenvalue weighted by Crippen LogP contribution is -2.23. The quantitative estimate of drug-likeness (QED) is 0.686. The van der Waals surface area contributed by atoms with Gasteiger partial charge in [-0.3, -0.25) is 14.3 Å². The van der Waals surface area contributed by atoms with Crippen LogP contribution in [-0.4, -0.2) is 27.7 Å². The van der Waals surface area contributed by atoms with Crippen LogP contribution in [0, 0.1) is 4.77 Å². The zero-order valence-electron chi connectivity index (χ0n) is 14.1. The molecule has 0 aliphatic rings. The van der Waals surface area contributed by atoms with Crippen LogP contribution in [-0.2, 0) is 6.54 Å². The molecular formula is C18H19N3O3S. The summed E-state index contributed by atoms with van der Waals surface area (Å²) >= 11 is 5.37. The lowest BCUT2D eigenvalue weighted by atomic mass is 10.2. The van der Waals surface area contributed by atoms with Gasteiger partial charge in [0.25, 0.3) is 5.56 Å². The first-order valence-electron chi connectivity index (χ1n) is 8.10. The normalized spacial score (nSPS) is 10.8. The summed E-state index contributed by atoms with van der Waals surface area (Å²) < 4.78 is 13.1. The Balaban J connectivity index is 2.16. The number of pyridine rings is 1. The molecule has 0 atom stereocenters. The van der Waals surface area contributed by atoms with Crippen molar-refractivity contribution in [2.24, 2.45) is 0 Å². The highest BCUT2D eigenvalue weighted by molar-refractivity contribution is 7.71. The predicted molar refractivity (Wildman–Crippen MR) is 99.1 cm³/mol. The molecule has 0 radical (unpaired) electrons. The van der Waals surface area contributed by atoms with Crippen molar-refractivity contribution in [2.75, 3.05) is 13.2 Å². The second-order valence-corrected chi connectivity index (χ2v) is 5.74. The summed E-state index contributed by atoms with van der Waals surface area (Å²) in [7, 11) is 0. The summed E-state index contributed by atoms with van der Waals surface area (Å²) in [5.74, 6) is 1.13. The van der Waals surface area contributed by atoms with Gasteiger partial charge in [-0.25, -0.2) is 0 Å². The molecule has 0 spiro atoms. The number of aromatic nitrogens is 3. The number of H-pyrrole nitrogens is 1. The van der Waals surface area contributed by atoms with Gasteiger partial charge < -0.3 is 14.5 Å². The summed E-state index contributed by atoms with van der Waals surface area (Å²) in [5, 5.41) is 0.497. The molecule has 0 saturated carbocycles. The lowest BCUT2D eigenvalue weighted by Gasteiger charge is -2.13. The molecule has 0 aliphatic heterocycles. The van der Waals surface area contributed by atoms with Crippen LogP contribution in [0.3, 0.4) is 0 Å². The molecule has 130 valence electrons. The molecule has 6 nitrogen and oxygen atoms in total. The van der Waals surface area contributed by atoms with E-state index in [0.29, 0.717) is 46.9 Å². The predicted octanol–water partition coefficient (Wildman–Crippen LogP) is 3.30. The van der Waals surface area contributed by atoms with Gasteiger partial charge >= 0.3 is 0 Å². The van der Waals surface area contributed by atoms with Gasteiger partial charge in [0.05, 0.1) is 36.4 Å². The second kappa shape index (κ2) is 7.48. The highest BCUT2D eigenvalue weighted by Crippen LogP contribution is 2.30. The molecule has 0 amide bonds. The van der Waals surface area contributed by atoms with E-state index in [2.05, 4.69) is 9.97 Å². The molecule has 1 aromatic carbocycles. The van der Waals surface area contributed by atoms with Gasteiger partial charge in [-0.05, 0) is 44.3 Å². The fraction of sp³-hybridized carbons (Fsp3) is 0.278. The average molecular weight is 357 g/mol. The highest BCUT2D eigenvalue weighted by Gasteiger charge is 2.13. The number of hydrogen-bond donors (Lipinski definition) is 1. The smallest absolute Gasteiger partial charge is 0.262 e. The van der Waals surface area contributed by atoms with Crippen LogP contribution < -0.4 is 15.0 Å². The van der Waals surface area contributed by atoms with E-state index in [1.165, 1.54) is 4.57 Å². The molecule has 25 heavy (non-hydrogen) atoms. The van der Waals surface area contributed by atoms with Crippen molar-refractivity contribution in [1.29, 1.82) is 0 Å². The summed E-state index contributed by atoms with van der Waals surface area (Å²) in [6.07, 6.45) is 1.69. The number of benzene rings is 1. The SMILES string of the molecule is CCOc1cc2[nH]c(=S)n(Cc3ccccn3)c(=O)c2cc1OCC. The van der Waals surface area contributed by atoms with E-state index in [0.717, 1.165) is 5.69 Å². The van der Waals surface area contributed by atoms with Crippen molar-refractivity contribution in [1.82, 2.24) is 14.5 Å². The first-order chi connectivity index (χ1) is 12.1. The van der Waals surface area contributed by atoms with Gasteiger partial charge in [-0.15, -0.1) is 0 Å². The zero-order valence-corrected chi connectivity index (χ0v) is 14.9. The van der Waals surface area contributed by atoms with Crippen molar-refractivity contribution >= 4 is 23.1 Å². The number of aromatic amines is 1. The Bertz CT molecular complexity index is 996. The van der Waals surface area contributed by atoms with Crippen molar-refractivity contribution in [3.05, 3.63) is 57.3 Å². The minimum atomic E-state index is -0.187. The number of ether oxygens (including phenoxy) is 2. The fourth-order valence-electron chi connectivity index (χ4n) is 2.59. The molecule has 1 N–H and O–H groups in total. The first kappa shape index (κ1) is 17.2. The Morgan fingerprint density at radius 1 is 1.16 bits per heavy atom. The summed E-state index contributed by atoms with van der Waals surface area (Å²) in [5.41, 5.74) is 1.20. The van der Waals surface area contributed by atoms with Crippen molar-refractivity contribution in [2.45, 2.75) is 20.4 Å². The maximum atomic E-state index is 12.9. The monoisotopic (exact) mass is 357 g/mol. The third-order valence-corrected chi connectivity index (χ3v) is 4.01. The molecule has 2 aromatic heterocycles. The van der Waals surface area contributed by atoms with E-state index in [4.69, 9.17) is 21.7 Å². The molecule has 3 aromatic rings. The first-order valence-corrected chi connectivity index (χ1v) is 8.51. The van der Waals surface area contributed by atoms with Gasteiger partial charge in [0.1, 0.15) is 0 Å². The Hall–Kier alpha value is -2.67. The Kier molecular flexibility index (Phi) is 5.14. The van der Waals surface area contributed by atoms with Gasteiger partial charge in [0, 0.05) is 12.3 Å². The second-order valence-electron chi connectivity index (χ2n) is 5.35. The summed E-state index contributed by atoms with van der Waals surface area (Å²) in [4.78, 5) is 20.3. The van der Waals surface area contributed by atoms with Crippen molar-refractivity contribution in [3.8, 4) is 11.5 Å². The Morgan fingerprint density at radius 2 is 1.88 bits per heavy atom. The Morgan fingerprint density at radius 3 is 2.52 bits per heavy atom. The molecular weight excluding hydrogens is 338 g/mol. The third-order valence-electron chi connectivity index (χ3n) is 3.69. The fourth-order valence-corrected chi connectivity index (χ4v) is 2.85. The lowest BCUT2D eigenvalue weighted by molar-refractivity contribution is 0.288. The molecule has 0 unspecified atom stereocenters. The van der Waals surface area contributed by atoms with Crippen LogP contribution in [0.25, 0.3) is 10.9 Å². The number of rotatable bonds is 6. The van der Waals surface area contributed by atoms with Crippen molar-refractivity contribution in [3.63, 3.8) is 0 Å². The van der Waals surface area contributed by atoms with Crippen LogP contribution in [0.5, 0.6) is 11.5 Å². The van der Waals surface area contributed by atoms with Gasteiger partial charge in [-0.2, -0.15) is 0 Å². The van der Waals surface area contributed by atoms with Crippen LogP contribution in [0.1, 0.15) is 19.5 Å². The average Bonchev–Trinajstić information content (AvgIpc) is 2.61. The van der Waals surface area contributed by atoms with E-state index in [1.807, 2.05) is 32.0 Å². The molecule has 0 aliphatic carbocycles. The largest absolute Gasteiger partial charge is 0.490 e. The summed E-state index contributed by atoms with van der Waals surface area (Å²) in [6.45, 7) is 5.08. The maximum Gasteiger partial charge on any atom is 0.262 e. The van der Waals surface area contributed by atoms with Gasteiger partial charge in [0.15, 0.2) is 16.3 Å². The molecule has 3 rings (SSSR count). The number of nitrogens with zero attached hydrogens (tertiary/aromatic N) is 2. The van der Waals surface area contributed by atoms with E-state index < -0.39 is 0 Å². The zero-order chi connectivity index (χ0) is 17.8. The number of nitrogens with one attached hydrogen (secondary N) is 1. The Labute approximate surface area is 150 Å². The van der Waals surface area contributed by atoms with Crippen LogP contribution in [0.15, 0.2) is 41.3 Å². The molecule has 2 heterocycles. The third kappa shape index (κ3) is 3.56. The van der Waals surface area contributed by atoms with Gasteiger partial charge in [0.2, 0.25) is 0 Å². The minimum absolute atomic E-state index is 0.187. The van der Waals surface area contributed by atoms with E-state index in [9.17, 15) is 4.79 Å². The van der Waals surface area contributed by atoms with E-state index in [1.54, 1.807) is 18.3 Å². The van der Waals surface area contributed by atoms with Crippen LogP contribution >= 0.6 is 12.2 Å². The molecule has 0 bridgehead atoms. The minimum Gasteiger partial charge on any atom is -0.490 e. The van der Waals surface area contributed by atoms with Gasteiger partial charge in [-0.1, -0.05) is 6.07 Å². The molecule has 0 saturated heterocycles. The number of hydrogen-bond acceptors (Lipinski definition) is 5. The van der Waals surface area contributed by atoms with Crippen LogP contribution in [0.2, 0.25) is 0 Å². The maximum absolute atomic E-state index is 12.9. The van der Waals surface area contributed by atoms with E-state index in [-0.39, 0.29) is 5.56 Å². The molecule has 0 fully saturated rings. The summed E-state index contributed by atoms with van der Waals surface area (Å²) in [6, 6.07) is 9.02. The van der Waals surface area contributed by atoms with E-state index >= 15 is 0 Å². The van der Waals surface area contributed by atoms with Crippen LogP contribution in [0.4, 0.5) is 0 Å². The van der Waals surface area contributed by atoms with Crippen molar-refractivity contribution < 1.29 is 9.47 Å². The highest BCUT2D eigenvalue weighted by atomic mass is 32.1. The topological polar surface area (TPSA) is 69.1 Å². The molecule has 7 heteroatoms. The standard InChI is InChI=1S/C18H19N3O3S/c1-3-23-15-9-13-14(10-16(15)24-4-2)20-18(25)21(17(13)22)11-12-7-5-6-8-19-12/h5-10H,3-4,11H2,1-2H3,(H,20,25). The number of fused-ring (bicyclic) bond motifs is 1.